The fraction of sp³-hybridized carbons (Fsp3) is 0.0769. The minimum absolute atomic E-state index is 0.150. The van der Waals surface area contributed by atoms with E-state index in [1.807, 2.05) is 12.1 Å². The van der Waals surface area contributed by atoms with Gasteiger partial charge < -0.3 is 15.0 Å². The number of carboxylic acid groups (broad SMARTS) is 1. The summed E-state index contributed by atoms with van der Waals surface area (Å²) in [6, 6.07) is 7.15. The van der Waals surface area contributed by atoms with E-state index in [0.717, 1.165) is 11.2 Å². The van der Waals surface area contributed by atoms with Crippen LogP contribution in [0.15, 0.2) is 30.5 Å². The molecular weight excluding hydrogens is 308 g/mol. The van der Waals surface area contributed by atoms with Crippen molar-refractivity contribution in [3.8, 4) is 0 Å². The number of hydrogen-bond acceptors (Lipinski definition) is 5. The first kappa shape index (κ1) is 14.1. The van der Waals surface area contributed by atoms with Gasteiger partial charge in [-0.1, -0.05) is 0 Å². The lowest BCUT2D eigenvalue weighted by Crippen LogP contribution is -2.11. The molecular formula is C13H11ClN6O2. The van der Waals surface area contributed by atoms with Gasteiger partial charge in [0.05, 0.1) is 11.0 Å². The van der Waals surface area contributed by atoms with Gasteiger partial charge in [-0.3, -0.25) is 5.32 Å². The van der Waals surface area contributed by atoms with Gasteiger partial charge in [-0.2, -0.15) is 0 Å². The maximum atomic E-state index is 10.7. The lowest BCUT2D eigenvalue weighted by atomic mass is 10.2. The highest BCUT2D eigenvalue weighted by Gasteiger charge is 2.10. The number of carbonyl (C=O) groups is 1. The van der Waals surface area contributed by atoms with Crippen LogP contribution in [0.25, 0.3) is 11.0 Å². The standard InChI is InChI=1S/C13H11ClN6O2/c1-20-9-3-2-7(16-10-4-5-15-11(14)18-10)6-8(9)17-12(20)19-13(21)22/h2-6H,1H3,(H,17,19)(H,21,22)(H,15,16,18). The van der Waals surface area contributed by atoms with Gasteiger partial charge in [0.25, 0.3) is 0 Å². The number of nitrogens with one attached hydrogen (secondary N) is 2. The molecule has 1 aromatic carbocycles. The smallest absolute Gasteiger partial charge is 0.411 e. The van der Waals surface area contributed by atoms with E-state index in [2.05, 4.69) is 25.6 Å². The van der Waals surface area contributed by atoms with E-state index in [-0.39, 0.29) is 11.2 Å². The minimum Gasteiger partial charge on any atom is -0.465 e. The highest BCUT2D eigenvalue weighted by Crippen LogP contribution is 2.23. The normalized spacial score (nSPS) is 10.6. The maximum absolute atomic E-state index is 10.7. The van der Waals surface area contributed by atoms with Gasteiger partial charge >= 0.3 is 6.09 Å². The number of nitrogens with zero attached hydrogens (tertiary/aromatic N) is 4. The number of fused-ring (bicyclic) bond motifs is 1. The molecule has 8 nitrogen and oxygen atoms in total. The van der Waals surface area contributed by atoms with Gasteiger partial charge in [0.1, 0.15) is 5.82 Å². The molecule has 0 atom stereocenters. The number of rotatable bonds is 3. The lowest BCUT2D eigenvalue weighted by molar-refractivity contribution is 0.209. The van der Waals surface area contributed by atoms with E-state index in [4.69, 9.17) is 16.7 Å². The van der Waals surface area contributed by atoms with Crippen LogP contribution >= 0.6 is 11.6 Å². The number of aromatic nitrogens is 4. The topological polar surface area (TPSA) is 105 Å². The van der Waals surface area contributed by atoms with Gasteiger partial charge in [-0.05, 0) is 35.9 Å². The molecule has 0 spiro atoms. The summed E-state index contributed by atoms with van der Waals surface area (Å²) in [5.41, 5.74) is 2.20. The van der Waals surface area contributed by atoms with Crippen LogP contribution in [0.2, 0.25) is 5.28 Å². The maximum Gasteiger partial charge on any atom is 0.411 e. The number of imidazole rings is 1. The summed E-state index contributed by atoms with van der Waals surface area (Å²) >= 11 is 5.74. The monoisotopic (exact) mass is 318 g/mol. The van der Waals surface area contributed by atoms with Gasteiger partial charge in [0.2, 0.25) is 11.2 Å². The molecule has 2 aromatic heterocycles. The van der Waals surface area contributed by atoms with E-state index in [1.165, 1.54) is 0 Å². The van der Waals surface area contributed by atoms with Crippen molar-refractivity contribution in [1.29, 1.82) is 0 Å². The second-order valence-electron chi connectivity index (χ2n) is 4.46. The summed E-state index contributed by atoms with van der Waals surface area (Å²) in [6.07, 6.45) is 0.388. The third kappa shape index (κ3) is 2.77. The Balaban J connectivity index is 1.94. The Morgan fingerprint density at radius 3 is 2.86 bits per heavy atom. The molecule has 3 N–H and O–H groups in total. The molecule has 0 aliphatic carbocycles. The molecule has 0 bridgehead atoms. The summed E-state index contributed by atoms with van der Waals surface area (Å²) in [5, 5.41) is 14.3. The van der Waals surface area contributed by atoms with Crippen LogP contribution in [0.4, 0.5) is 22.2 Å². The molecule has 3 rings (SSSR count). The van der Waals surface area contributed by atoms with E-state index in [1.54, 1.807) is 29.9 Å². The van der Waals surface area contributed by atoms with Crippen molar-refractivity contribution in [2.45, 2.75) is 0 Å². The van der Waals surface area contributed by atoms with E-state index in [9.17, 15) is 4.79 Å². The van der Waals surface area contributed by atoms with Crippen molar-refractivity contribution in [3.05, 3.63) is 35.7 Å². The summed E-state index contributed by atoms with van der Waals surface area (Å²) in [6.45, 7) is 0. The average molecular weight is 319 g/mol. The predicted octanol–water partition coefficient (Wildman–Crippen LogP) is 2.85. The molecule has 3 aromatic rings. The Labute approximate surface area is 129 Å². The third-order valence-electron chi connectivity index (χ3n) is 3.00. The molecule has 0 aliphatic rings. The number of amides is 1. The predicted molar refractivity (Wildman–Crippen MR) is 82.7 cm³/mol. The van der Waals surface area contributed by atoms with Crippen molar-refractivity contribution < 1.29 is 9.90 Å². The first-order valence-corrected chi connectivity index (χ1v) is 6.63. The average Bonchev–Trinajstić information content (AvgIpc) is 2.74. The van der Waals surface area contributed by atoms with Crippen LogP contribution in [0.1, 0.15) is 0 Å². The second kappa shape index (κ2) is 5.49. The third-order valence-corrected chi connectivity index (χ3v) is 3.18. The molecule has 2 heterocycles. The SMILES string of the molecule is Cn1c(NC(=O)O)nc2cc(Nc3ccnc(Cl)n3)ccc21. The van der Waals surface area contributed by atoms with Gasteiger partial charge in [-0.15, -0.1) is 0 Å². The Morgan fingerprint density at radius 1 is 1.32 bits per heavy atom. The second-order valence-corrected chi connectivity index (χ2v) is 4.80. The van der Waals surface area contributed by atoms with Crippen LogP contribution in [-0.2, 0) is 7.05 Å². The molecule has 0 fully saturated rings. The van der Waals surface area contributed by atoms with Crippen LogP contribution in [0, 0.1) is 0 Å². The fourth-order valence-corrected chi connectivity index (χ4v) is 2.18. The Morgan fingerprint density at radius 2 is 2.14 bits per heavy atom. The first-order chi connectivity index (χ1) is 10.5. The fourth-order valence-electron chi connectivity index (χ4n) is 2.04. The van der Waals surface area contributed by atoms with Crippen LogP contribution in [0.5, 0.6) is 0 Å². The zero-order valence-electron chi connectivity index (χ0n) is 11.4. The largest absolute Gasteiger partial charge is 0.465 e. The first-order valence-electron chi connectivity index (χ1n) is 6.25. The zero-order chi connectivity index (χ0) is 15.7. The number of anilines is 3. The van der Waals surface area contributed by atoms with Crippen molar-refractivity contribution in [2.24, 2.45) is 7.05 Å². The molecule has 0 unspecified atom stereocenters. The Hall–Kier alpha value is -2.87. The van der Waals surface area contributed by atoms with Crippen LogP contribution in [-0.4, -0.2) is 30.7 Å². The van der Waals surface area contributed by atoms with E-state index < -0.39 is 6.09 Å². The van der Waals surface area contributed by atoms with Crippen molar-refractivity contribution >= 4 is 46.2 Å². The Kier molecular flexibility index (Phi) is 3.51. The molecule has 9 heteroatoms. The summed E-state index contributed by atoms with van der Waals surface area (Å²) < 4.78 is 1.66. The summed E-state index contributed by atoms with van der Waals surface area (Å²) in [5.74, 6) is 0.809. The highest BCUT2D eigenvalue weighted by molar-refractivity contribution is 6.28. The number of aryl methyl sites for hydroxylation is 1. The zero-order valence-corrected chi connectivity index (χ0v) is 12.2. The van der Waals surface area contributed by atoms with Crippen molar-refractivity contribution in [1.82, 2.24) is 19.5 Å². The van der Waals surface area contributed by atoms with Gasteiger partial charge in [0.15, 0.2) is 0 Å². The number of halogens is 1. The van der Waals surface area contributed by atoms with Gasteiger partial charge in [-0.25, -0.2) is 19.7 Å². The summed E-state index contributed by atoms with van der Waals surface area (Å²) in [4.78, 5) is 22.8. The molecule has 0 saturated heterocycles. The van der Waals surface area contributed by atoms with E-state index in [0.29, 0.717) is 11.3 Å². The quantitative estimate of drug-likeness (QED) is 0.641. The lowest BCUT2D eigenvalue weighted by Gasteiger charge is -2.05. The van der Waals surface area contributed by atoms with E-state index >= 15 is 0 Å². The van der Waals surface area contributed by atoms with Crippen molar-refractivity contribution in [2.75, 3.05) is 10.6 Å². The molecule has 22 heavy (non-hydrogen) atoms. The highest BCUT2D eigenvalue weighted by atomic mass is 35.5. The number of hydrogen-bond donors (Lipinski definition) is 3. The minimum atomic E-state index is -1.16. The Bertz CT molecular complexity index is 863. The summed E-state index contributed by atoms with van der Waals surface area (Å²) in [7, 11) is 1.73. The molecule has 112 valence electrons. The van der Waals surface area contributed by atoms with Crippen LogP contribution < -0.4 is 10.6 Å². The molecule has 0 saturated carbocycles. The number of benzene rings is 1. The van der Waals surface area contributed by atoms with Crippen molar-refractivity contribution in [3.63, 3.8) is 0 Å². The molecule has 0 radical (unpaired) electrons. The molecule has 1 amide bonds. The van der Waals surface area contributed by atoms with Crippen LogP contribution in [0.3, 0.4) is 0 Å². The van der Waals surface area contributed by atoms with Gasteiger partial charge in [0, 0.05) is 18.9 Å². The molecule has 0 aliphatic heterocycles.